The van der Waals surface area contributed by atoms with Crippen molar-refractivity contribution < 1.29 is 27.9 Å². The number of hydrogen-bond donors (Lipinski definition) is 3. The number of nitrogens with one attached hydrogen (secondary N) is 2. The summed E-state index contributed by atoms with van der Waals surface area (Å²) in [6.45, 7) is 2.44. The zero-order chi connectivity index (χ0) is 27.1. The molecule has 0 saturated heterocycles. The lowest BCUT2D eigenvalue weighted by Crippen LogP contribution is -2.35. The Hall–Kier alpha value is -4.61. The minimum atomic E-state index is -1.29. The van der Waals surface area contributed by atoms with Crippen LogP contribution in [-0.2, 0) is 14.4 Å². The largest absolute Gasteiger partial charge is 0.435 e. The summed E-state index contributed by atoms with van der Waals surface area (Å²) in [7, 11) is 0. The van der Waals surface area contributed by atoms with Gasteiger partial charge >= 0.3 is 0 Å². The molecule has 1 fully saturated rings. The molecule has 1 aliphatic rings. The van der Waals surface area contributed by atoms with E-state index in [0.717, 1.165) is 18.9 Å². The molecule has 4 N–H and O–H groups in total. The van der Waals surface area contributed by atoms with Gasteiger partial charge in [0.2, 0.25) is 17.7 Å². The topological polar surface area (TPSA) is 141 Å². The number of oxime groups is 1. The van der Waals surface area contributed by atoms with Gasteiger partial charge in [-0.15, -0.1) is 0 Å². The molecule has 3 aromatic rings. The van der Waals surface area contributed by atoms with Crippen LogP contribution in [0.25, 0.3) is 0 Å². The molecule has 1 saturated carbocycles. The first kappa shape index (κ1) is 26.5. The minimum absolute atomic E-state index is 0.0366. The fourth-order valence-electron chi connectivity index (χ4n) is 3.43. The number of carbonyl (C=O) groups is 2. The summed E-state index contributed by atoms with van der Waals surface area (Å²) in [5.74, 6) is -2.48. The summed E-state index contributed by atoms with van der Waals surface area (Å²) < 4.78 is 33.6. The Bertz CT molecular complexity index is 1350. The molecule has 0 radical (unpaired) electrons. The second-order valence-electron chi connectivity index (χ2n) is 8.64. The van der Waals surface area contributed by atoms with Crippen LogP contribution in [0.15, 0.2) is 53.9 Å². The summed E-state index contributed by atoms with van der Waals surface area (Å²) in [5, 5.41) is 9.03. The number of aromatic nitrogens is 2. The summed E-state index contributed by atoms with van der Waals surface area (Å²) >= 11 is 0. The zero-order valence-electron chi connectivity index (χ0n) is 20.5. The number of halogens is 2. The van der Waals surface area contributed by atoms with Crippen LogP contribution < -0.4 is 21.1 Å². The molecule has 0 unspecified atom stereocenters. The van der Waals surface area contributed by atoms with Crippen molar-refractivity contribution in [1.29, 1.82) is 0 Å². The summed E-state index contributed by atoms with van der Waals surface area (Å²) in [5.41, 5.74) is 5.32. The van der Waals surface area contributed by atoms with Crippen molar-refractivity contribution in [3.05, 3.63) is 66.0 Å². The van der Waals surface area contributed by atoms with Gasteiger partial charge in [0, 0.05) is 17.4 Å². The van der Waals surface area contributed by atoms with Crippen molar-refractivity contribution in [1.82, 2.24) is 9.97 Å². The van der Waals surface area contributed by atoms with E-state index in [-0.39, 0.29) is 28.7 Å². The van der Waals surface area contributed by atoms with Gasteiger partial charge in [-0.2, -0.15) is 0 Å². The normalized spacial score (nSPS) is 13.7. The van der Waals surface area contributed by atoms with E-state index in [4.69, 9.17) is 15.3 Å². The molecule has 1 heterocycles. The third-order valence-corrected chi connectivity index (χ3v) is 5.84. The number of unbranched alkanes of at least 4 members (excludes halogenated alkanes) is 1. The molecule has 12 heteroatoms. The maximum absolute atomic E-state index is 14.9. The zero-order valence-corrected chi connectivity index (χ0v) is 20.5. The van der Waals surface area contributed by atoms with Crippen molar-refractivity contribution in [3.8, 4) is 11.6 Å². The van der Waals surface area contributed by atoms with E-state index in [2.05, 4.69) is 25.8 Å². The second-order valence-corrected chi connectivity index (χ2v) is 8.64. The first-order chi connectivity index (χ1) is 18.3. The van der Waals surface area contributed by atoms with Gasteiger partial charge in [0.25, 0.3) is 0 Å². The van der Waals surface area contributed by atoms with Crippen LogP contribution in [0.1, 0.15) is 38.2 Å². The maximum Gasteiger partial charge on any atom is 0.240 e. The van der Waals surface area contributed by atoms with E-state index < -0.39 is 28.9 Å². The van der Waals surface area contributed by atoms with Gasteiger partial charge < -0.3 is 25.9 Å². The van der Waals surface area contributed by atoms with Crippen LogP contribution in [0.5, 0.6) is 11.6 Å². The third-order valence-electron chi connectivity index (χ3n) is 5.84. The van der Waals surface area contributed by atoms with E-state index in [1.807, 2.05) is 6.92 Å². The van der Waals surface area contributed by atoms with Crippen molar-refractivity contribution in [2.45, 2.75) is 32.6 Å². The Morgan fingerprint density at radius 1 is 1.08 bits per heavy atom. The Balaban J connectivity index is 1.42. The lowest BCUT2D eigenvalue weighted by molar-refractivity contribution is -0.131. The summed E-state index contributed by atoms with van der Waals surface area (Å²) in [4.78, 5) is 38.6. The molecule has 0 spiro atoms. The number of nitrogens with two attached hydrogens (primary N) is 1. The maximum atomic E-state index is 14.9. The first-order valence-electron chi connectivity index (χ1n) is 11.9. The Morgan fingerprint density at radius 2 is 1.76 bits per heavy atom. The van der Waals surface area contributed by atoms with Gasteiger partial charge in [0.05, 0.1) is 6.21 Å². The second kappa shape index (κ2) is 11.6. The van der Waals surface area contributed by atoms with Crippen LogP contribution in [0.2, 0.25) is 0 Å². The SMILES string of the molecule is CCCCO/N=C/c1c(N)ncnc1Oc1ccc(NC(=O)C2(C(=O)Nc3ccc(F)cc3)CC2)cc1F. The smallest absolute Gasteiger partial charge is 0.240 e. The number of carbonyl (C=O) groups excluding carboxylic acids is 2. The molecule has 1 aromatic heterocycles. The summed E-state index contributed by atoms with van der Waals surface area (Å²) in [6, 6.07) is 9.00. The Morgan fingerprint density at radius 3 is 2.42 bits per heavy atom. The van der Waals surface area contributed by atoms with Gasteiger partial charge in [-0.1, -0.05) is 18.5 Å². The Kier molecular flexibility index (Phi) is 8.09. The monoisotopic (exact) mass is 524 g/mol. The lowest BCUT2D eigenvalue weighted by atomic mass is 10.0. The van der Waals surface area contributed by atoms with E-state index in [0.29, 0.717) is 25.1 Å². The van der Waals surface area contributed by atoms with Gasteiger partial charge in [-0.05, 0) is 55.7 Å². The molecule has 0 atom stereocenters. The highest BCUT2D eigenvalue weighted by molar-refractivity contribution is 6.16. The predicted molar refractivity (Wildman–Crippen MR) is 137 cm³/mol. The van der Waals surface area contributed by atoms with E-state index in [1.165, 1.54) is 48.9 Å². The molecular weight excluding hydrogens is 498 g/mol. The van der Waals surface area contributed by atoms with Crippen LogP contribution in [0, 0.1) is 17.0 Å². The highest BCUT2D eigenvalue weighted by Gasteiger charge is 2.56. The fraction of sp³-hybridized carbons (Fsp3) is 0.269. The van der Waals surface area contributed by atoms with Crippen molar-refractivity contribution in [3.63, 3.8) is 0 Å². The van der Waals surface area contributed by atoms with E-state index >= 15 is 0 Å². The third kappa shape index (κ3) is 6.20. The highest BCUT2D eigenvalue weighted by Crippen LogP contribution is 2.47. The van der Waals surface area contributed by atoms with Crippen LogP contribution in [-0.4, -0.2) is 34.6 Å². The van der Waals surface area contributed by atoms with Gasteiger partial charge in [-0.25, -0.2) is 18.7 Å². The number of nitrogens with zero attached hydrogens (tertiary/aromatic N) is 3. The standard InChI is InChI=1S/C26H26F2N6O4/c1-2-3-12-37-32-14-19-22(29)30-15-31-23(19)38-21-9-8-18(13-20(21)28)34-25(36)26(10-11-26)24(35)33-17-6-4-16(27)5-7-17/h4-9,13-15H,2-3,10-12H2,1H3,(H,33,35)(H,34,36)(H2,29,30,31)/b32-14+. The average molecular weight is 525 g/mol. The van der Waals surface area contributed by atoms with Crippen LogP contribution in [0.4, 0.5) is 26.0 Å². The number of hydrogen-bond acceptors (Lipinski definition) is 8. The van der Waals surface area contributed by atoms with Crippen molar-refractivity contribution >= 4 is 35.2 Å². The van der Waals surface area contributed by atoms with Crippen LogP contribution in [0.3, 0.4) is 0 Å². The molecule has 1 aliphatic carbocycles. The lowest BCUT2D eigenvalue weighted by Gasteiger charge is -2.16. The molecule has 4 rings (SSSR count). The molecule has 38 heavy (non-hydrogen) atoms. The van der Waals surface area contributed by atoms with E-state index in [1.54, 1.807) is 0 Å². The van der Waals surface area contributed by atoms with Gasteiger partial charge in [0.1, 0.15) is 35.5 Å². The predicted octanol–water partition coefficient (Wildman–Crippen LogP) is 4.64. The number of rotatable bonds is 11. The summed E-state index contributed by atoms with van der Waals surface area (Å²) in [6.07, 6.45) is 4.89. The highest BCUT2D eigenvalue weighted by atomic mass is 19.1. The van der Waals surface area contributed by atoms with Crippen molar-refractivity contribution in [2.75, 3.05) is 23.0 Å². The molecular formula is C26H26F2N6O4. The molecule has 2 amide bonds. The minimum Gasteiger partial charge on any atom is -0.435 e. The number of ether oxygens (including phenoxy) is 1. The number of benzene rings is 2. The van der Waals surface area contributed by atoms with Gasteiger partial charge in [0.15, 0.2) is 11.6 Å². The quantitative estimate of drug-likeness (QED) is 0.144. The van der Waals surface area contributed by atoms with Gasteiger partial charge in [-0.3, -0.25) is 9.59 Å². The average Bonchev–Trinajstić information content (AvgIpc) is 3.71. The molecule has 0 bridgehead atoms. The van der Waals surface area contributed by atoms with Crippen LogP contribution >= 0.6 is 0 Å². The Labute approximate surface area is 217 Å². The molecule has 10 nitrogen and oxygen atoms in total. The fourth-order valence-corrected chi connectivity index (χ4v) is 3.43. The molecule has 198 valence electrons. The number of amides is 2. The first-order valence-corrected chi connectivity index (χ1v) is 11.9. The van der Waals surface area contributed by atoms with E-state index in [9.17, 15) is 18.4 Å². The number of nitrogen functional groups attached to an aromatic ring is 1. The number of anilines is 3. The molecule has 0 aliphatic heterocycles. The van der Waals surface area contributed by atoms with Crippen molar-refractivity contribution in [2.24, 2.45) is 10.6 Å². The molecule has 2 aromatic carbocycles.